The molecule has 1 aliphatic rings. The summed E-state index contributed by atoms with van der Waals surface area (Å²) in [4.78, 5) is 13.5. The van der Waals surface area contributed by atoms with E-state index >= 15 is 0 Å². The van der Waals surface area contributed by atoms with E-state index in [9.17, 15) is 18.0 Å². The number of carbonyl (C=O) groups excluding carboxylic acids is 1. The van der Waals surface area contributed by atoms with Crippen LogP contribution in [-0.4, -0.2) is 18.6 Å². The number of halogens is 3. The van der Waals surface area contributed by atoms with Crippen molar-refractivity contribution in [3.8, 4) is 0 Å². The Labute approximate surface area is 246 Å². The van der Waals surface area contributed by atoms with Crippen molar-refractivity contribution in [3.63, 3.8) is 0 Å². The van der Waals surface area contributed by atoms with Crippen molar-refractivity contribution in [1.82, 2.24) is 5.32 Å². The maximum absolute atomic E-state index is 13.8. The van der Waals surface area contributed by atoms with Crippen LogP contribution in [0.15, 0.2) is 96.2 Å². The molecular formula is C34H39F3N4O. The molecule has 5 N–H and O–H groups in total. The molecule has 4 rings (SSSR count). The third-order valence-corrected chi connectivity index (χ3v) is 7.22. The molecule has 0 aliphatic heterocycles. The van der Waals surface area contributed by atoms with E-state index < -0.39 is 17.7 Å². The maximum Gasteiger partial charge on any atom is 0.416 e. The van der Waals surface area contributed by atoms with Crippen LogP contribution in [0.2, 0.25) is 0 Å². The van der Waals surface area contributed by atoms with E-state index in [-0.39, 0.29) is 24.7 Å². The number of amides is 1. The Morgan fingerprint density at radius 3 is 2.21 bits per heavy atom. The van der Waals surface area contributed by atoms with Gasteiger partial charge in [0.2, 0.25) is 0 Å². The zero-order valence-electron chi connectivity index (χ0n) is 24.1. The molecule has 0 saturated heterocycles. The number of allylic oxidation sites excluding steroid dienone is 3. The molecule has 0 radical (unpaired) electrons. The van der Waals surface area contributed by atoms with Gasteiger partial charge in [0.15, 0.2) is 0 Å². The molecule has 1 amide bonds. The van der Waals surface area contributed by atoms with Gasteiger partial charge in [0.1, 0.15) is 5.70 Å². The van der Waals surface area contributed by atoms with Crippen molar-refractivity contribution >= 4 is 17.3 Å². The maximum atomic E-state index is 13.8. The van der Waals surface area contributed by atoms with Gasteiger partial charge in [0.05, 0.1) is 11.6 Å². The van der Waals surface area contributed by atoms with E-state index in [1.165, 1.54) is 18.4 Å². The smallest absolute Gasteiger partial charge is 0.351 e. The average Bonchev–Trinajstić information content (AvgIpc) is 3.81. The minimum Gasteiger partial charge on any atom is -0.351 e. The average molecular weight is 577 g/mol. The first-order chi connectivity index (χ1) is 20.2. The van der Waals surface area contributed by atoms with Crippen LogP contribution in [0.4, 0.5) is 24.5 Å². The van der Waals surface area contributed by atoms with Crippen molar-refractivity contribution < 1.29 is 18.0 Å². The van der Waals surface area contributed by atoms with Gasteiger partial charge in [-0.1, -0.05) is 68.5 Å². The molecule has 222 valence electrons. The number of carbonyl (C=O) groups is 1. The third kappa shape index (κ3) is 8.81. The largest absolute Gasteiger partial charge is 0.416 e. The Bertz CT molecular complexity index is 1430. The number of nitrogens with one attached hydrogen (secondary N) is 3. The fourth-order valence-corrected chi connectivity index (χ4v) is 4.74. The van der Waals surface area contributed by atoms with Gasteiger partial charge in [-0.05, 0) is 90.7 Å². The molecule has 42 heavy (non-hydrogen) atoms. The Hall–Kier alpha value is -3.88. The molecule has 1 aliphatic carbocycles. The van der Waals surface area contributed by atoms with Gasteiger partial charge in [0.25, 0.3) is 5.91 Å². The van der Waals surface area contributed by atoms with Crippen molar-refractivity contribution in [2.75, 3.05) is 17.2 Å². The minimum atomic E-state index is -4.62. The van der Waals surface area contributed by atoms with Gasteiger partial charge >= 0.3 is 6.18 Å². The summed E-state index contributed by atoms with van der Waals surface area (Å²) in [5.41, 5.74) is 9.66. The Kier molecular flexibility index (Phi) is 10.6. The number of hydrogen-bond acceptors (Lipinski definition) is 4. The number of nitrogens with two attached hydrogens (primary N) is 1. The molecule has 5 nitrogen and oxygen atoms in total. The monoisotopic (exact) mass is 576 g/mol. The highest BCUT2D eigenvalue weighted by Crippen LogP contribution is 2.32. The molecule has 1 atom stereocenters. The highest BCUT2D eigenvalue weighted by Gasteiger charge is 2.33. The first kappa shape index (κ1) is 31.1. The van der Waals surface area contributed by atoms with Crippen LogP contribution in [0.5, 0.6) is 0 Å². The summed E-state index contributed by atoms with van der Waals surface area (Å²) in [5.74, 6) is -0.0210. The predicted molar refractivity (Wildman–Crippen MR) is 164 cm³/mol. The summed E-state index contributed by atoms with van der Waals surface area (Å²) in [5, 5.41) is 9.40. The molecule has 0 spiro atoms. The summed E-state index contributed by atoms with van der Waals surface area (Å²) < 4.78 is 41.4. The number of hydrogen-bond donors (Lipinski definition) is 4. The van der Waals surface area contributed by atoms with Crippen LogP contribution >= 0.6 is 0 Å². The van der Waals surface area contributed by atoms with Crippen LogP contribution in [0.3, 0.4) is 0 Å². The molecule has 0 heterocycles. The van der Waals surface area contributed by atoms with Crippen molar-refractivity contribution in [1.29, 1.82) is 0 Å². The normalized spacial score (nSPS) is 14.9. The van der Waals surface area contributed by atoms with Crippen LogP contribution in [0.1, 0.15) is 61.4 Å². The van der Waals surface area contributed by atoms with Gasteiger partial charge in [-0.25, -0.2) is 0 Å². The van der Waals surface area contributed by atoms with E-state index in [1.807, 2.05) is 24.3 Å². The summed E-state index contributed by atoms with van der Waals surface area (Å²) in [7, 11) is 0. The summed E-state index contributed by atoms with van der Waals surface area (Å²) in [6.07, 6.45) is 0.818. The Morgan fingerprint density at radius 1 is 0.929 bits per heavy atom. The number of aryl methyl sites for hydroxylation is 1. The third-order valence-electron chi connectivity index (χ3n) is 7.22. The van der Waals surface area contributed by atoms with E-state index in [2.05, 4.69) is 47.1 Å². The Morgan fingerprint density at radius 2 is 1.57 bits per heavy atom. The number of anilines is 2. The van der Waals surface area contributed by atoms with Crippen LogP contribution < -0.4 is 21.7 Å². The van der Waals surface area contributed by atoms with Crippen molar-refractivity contribution in [3.05, 3.63) is 118 Å². The molecule has 3 aromatic carbocycles. The zero-order chi connectivity index (χ0) is 30.1. The fourth-order valence-electron chi connectivity index (χ4n) is 4.74. The number of benzene rings is 3. The standard InChI is InChI=1S/C34H39F3N4O/c1-3-8-28(34(35,36)37)20-31(40-29-13-6-10-25(18-29)21-38)33(42)41-30-14-7-12-27(19-30)32(39-22-24-15-16-24)26-11-5-9-23(4-2)17-26/h5-14,17-20,24,32,39-40H,3-4,15-16,21-22,38H2,1-2H3,(H,41,42)/b28-8-,31-20-. The number of alkyl halides is 3. The fraction of sp³-hybridized carbons (Fsp3) is 0.324. The molecule has 3 aromatic rings. The molecule has 1 unspecified atom stereocenters. The second-order valence-corrected chi connectivity index (χ2v) is 10.6. The zero-order valence-corrected chi connectivity index (χ0v) is 24.1. The molecule has 8 heteroatoms. The van der Waals surface area contributed by atoms with E-state index in [1.54, 1.807) is 31.2 Å². The first-order valence-electron chi connectivity index (χ1n) is 14.5. The lowest BCUT2D eigenvalue weighted by atomic mass is 9.96. The SMILES string of the molecule is CC/C=C(/C=C(\Nc1cccc(CN)c1)C(=O)Nc1cccc(C(NCC2CC2)c2cccc(CC)c2)c1)C(F)(F)F. The minimum absolute atomic E-state index is 0.0922. The second kappa shape index (κ2) is 14.3. The van der Waals surface area contributed by atoms with E-state index in [0.29, 0.717) is 17.3 Å². The topological polar surface area (TPSA) is 79.2 Å². The van der Waals surface area contributed by atoms with Gasteiger partial charge in [0, 0.05) is 17.9 Å². The summed E-state index contributed by atoms with van der Waals surface area (Å²) in [6.45, 7) is 4.88. The van der Waals surface area contributed by atoms with E-state index in [4.69, 9.17) is 5.73 Å². The highest BCUT2D eigenvalue weighted by atomic mass is 19.4. The Balaban J connectivity index is 1.64. The lowest BCUT2D eigenvalue weighted by Gasteiger charge is -2.22. The molecule has 1 saturated carbocycles. The van der Waals surface area contributed by atoms with Crippen molar-refractivity contribution in [2.24, 2.45) is 11.7 Å². The molecule has 0 aromatic heterocycles. The van der Waals surface area contributed by atoms with Crippen molar-refractivity contribution in [2.45, 2.75) is 58.3 Å². The lowest BCUT2D eigenvalue weighted by molar-refractivity contribution is -0.112. The highest BCUT2D eigenvalue weighted by molar-refractivity contribution is 6.06. The number of rotatable bonds is 13. The molecule has 0 bridgehead atoms. The molecular weight excluding hydrogens is 537 g/mol. The predicted octanol–water partition coefficient (Wildman–Crippen LogP) is 7.63. The van der Waals surface area contributed by atoms with Crippen LogP contribution in [0.25, 0.3) is 0 Å². The van der Waals surface area contributed by atoms with Gasteiger partial charge in [-0.15, -0.1) is 0 Å². The van der Waals surface area contributed by atoms with Gasteiger partial charge in [-0.3, -0.25) is 4.79 Å². The van der Waals surface area contributed by atoms with E-state index in [0.717, 1.165) is 41.8 Å². The van der Waals surface area contributed by atoms with Gasteiger partial charge < -0.3 is 21.7 Å². The first-order valence-corrected chi connectivity index (χ1v) is 14.5. The second-order valence-electron chi connectivity index (χ2n) is 10.6. The van der Waals surface area contributed by atoms with Crippen LogP contribution in [0, 0.1) is 5.92 Å². The molecule has 1 fully saturated rings. The lowest BCUT2D eigenvalue weighted by Crippen LogP contribution is -2.25. The summed E-state index contributed by atoms with van der Waals surface area (Å²) >= 11 is 0. The summed E-state index contributed by atoms with van der Waals surface area (Å²) in [6, 6.07) is 22.7. The quantitative estimate of drug-likeness (QED) is 0.125. The van der Waals surface area contributed by atoms with Crippen LogP contribution in [-0.2, 0) is 17.8 Å². The van der Waals surface area contributed by atoms with Gasteiger partial charge in [-0.2, -0.15) is 13.2 Å².